The number of nitrogens with zero attached hydrogens (tertiary/aromatic N) is 4. The first kappa shape index (κ1) is 17.9. The maximum absolute atomic E-state index is 11.2. The van der Waals surface area contributed by atoms with Crippen molar-refractivity contribution < 1.29 is 9.53 Å². The maximum atomic E-state index is 11.2. The Balaban J connectivity index is 1.46. The Morgan fingerprint density at radius 3 is 2.82 bits per heavy atom. The zero-order valence-corrected chi connectivity index (χ0v) is 15.4. The highest BCUT2D eigenvalue weighted by Crippen LogP contribution is 2.30. The highest BCUT2D eigenvalue weighted by Gasteiger charge is 2.23. The molecular weight excluding hydrogens is 354 g/mol. The van der Waals surface area contributed by atoms with E-state index in [0.29, 0.717) is 5.56 Å². The summed E-state index contributed by atoms with van der Waals surface area (Å²) in [6.07, 6.45) is 5.36. The molecule has 0 spiro atoms. The van der Waals surface area contributed by atoms with Crippen LogP contribution in [-0.4, -0.2) is 34.7 Å². The van der Waals surface area contributed by atoms with Gasteiger partial charge in [0.25, 0.3) is 0 Å². The highest BCUT2D eigenvalue weighted by atomic mass is 16.5. The van der Waals surface area contributed by atoms with Crippen molar-refractivity contribution in [3.8, 4) is 11.8 Å². The number of hydrogen-bond acceptors (Lipinski definition) is 5. The van der Waals surface area contributed by atoms with Crippen molar-refractivity contribution in [2.75, 3.05) is 18.0 Å². The smallest absolute Gasteiger partial charge is 0.237 e. The second kappa shape index (κ2) is 7.61. The van der Waals surface area contributed by atoms with Gasteiger partial charge in [0, 0.05) is 43.7 Å². The number of benzene rings is 1. The summed E-state index contributed by atoms with van der Waals surface area (Å²) in [6.45, 7) is 1.72. The lowest BCUT2D eigenvalue weighted by Gasteiger charge is -2.33. The van der Waals surface area contributed by atoms with E-state index in [9.17, 15) is 10.1 Å². The molecule has 1 aliphatic rings. The molecule has 0 saturated carbocycles. The van der Waals surface area contributed by atoms with E-state index >= 15 is 0 Å². The molecule has 28 heavy (non-hydrogen) atoms. The van der Waals surface area contributed by atoms with Crippen molar-refractivity contribution in [3.63, 3.8) is 0 Å². The molecule has 0 radical (unpaired) electrons. The molecule has 2 N–H and O–H groups in total. The van der Waals surface area contributed by atoms with Gasteiger partial charge in [-0.3, -0.25) is 4.79 Å². The van der Waals surface area contributed by atoms with Crippen LogP contribution in [0.4, 0.5) is 5.82 Å². The lowest BCUT2D eigenvalue weighted by molar-refractivity contribution is -0.118. The number of fused-ring (bicyclic) bond motifs is 1. The third-order valence-corrected chi connectivity index (χ3v) is 5.04. The van der Waals surface area contributed by atoms with Gasteiger partial charge in [-0.15, -0.1) is 0 Å². The Bertz CT molecular complexity index is 1040. The number of pyridine rings is 1. The third kappa shape index (κ3) is 3.49. The minimum Gasteiger partial charge on any atom is -0.490 e. The van der Waals surface area contributed by atoms with Gasteiger partial charge in [-0.1, -0.05) is 6.07 Å². The first-order valence-electron chi connectivity index (χ1n) is 9.28. The van der Waals surface area contributed by atoms with E-state index < -0.39 is 0 Å². The van der Waals surface area contributed by atoms with Gasteiger partial charge < -0.3 is 19.9 Å². The molecule has 3 heterocycles. The van der Waals surface area contributed by atoms with Crippen LogP contribution in [0.2, 0.25) is 0 Å². The van der Waals surface area contributed by atoms with Crippen LogP contribution in [0.5, 0.6) is 5.75 Å². The van der Waals surface area contributed by atoms with Gasteiger partial charge in [0.05, 0.1) is 11.1 Å². The van der Waals surface area contributed by atoms with Gasteiger partial charge in [0.2, 0.25) is 5.91 Å². The quantitative estimate of drug-likeness (QED) is 0.739. The van der Waals surface area contributed by atoms with Gasteiger partial charge in [0.1, 0.15) is 30.3 Å². The molecule has 0 unspecified atom stereocenters. The fourth-order valence-electron chi connectivity index (χ4n) is 3.70. The molecule has 0 atom stereocenters. The number of rotatable bonds is 5. The van der Waals surface area contributed by atoms with Crippen LogP contribution in [0.15, 0.2) is 48.8 Å². The monoisotopic (exact) mass is 375 g/mol. The van der Waals surface area contributed by atoms with Crippen LogP contribution in [0.25, 0.3) is 10.9 Å². The minimum atomic E-state index is -0.373. The third-order valence-electron chi connectivity index (χ3n) is 5.04. The Morgan fingerprint density at radius 1 is 1.25 bits per heavy atom. The molecule has 142 valence electrons. The molecule has 4 rings (SSSR count). The van der Waals surface area contributed by atoms with Crippen molar-refractivity contribution in [1.29, 1.82) is 5.26 Å². The van der Waals surface area contributed by atoms with E-state index in [1.165, 1.54) is 0 Å². The molecule has 0 bridgehead atoms. The summed E-state index contributed by atoms with van der Waals surface area (Å²) >= 11 is 0. The first-order chi connectivity index (χ1) is 13.7. The summed E-state index contributed by atoms with van der Waals surface area (Å²) in [5.74, 6) is 1.19. The molecule has 7 heteroatoms. The Hall–Kier alpha value is -3.53. The number of piperidine rings is 1. The number of hydrogen-bond donors (Lipinski definition) is 1. The van der Waals surface area contributed by atoms with E-state index in [1.54, 1.807) is 18.3 Å². The topological polar surface area (TPSA) is 97.2 Å². The lowest BCUT2D eigenvalue weighted by Crippen LogP contribution is -2.39. The van der Waals surface area contributed by atoms with Gasteiger partial charge in [-0.05, 0) is 30.3 Å². The summed E-state index contributed by atoms with van der Waals surface area (Å²) < 4.78 is 8.12. The average Bonchev–Trinajstić information content (AvgIpc) is 3.12. The Morgan fingerprint density at radius 2 is 2.07 bits per heavy atom. The zero-order chi connectivity index (χ0) is 19.5. The molecule has 1 fully saturated rings. The number of anilines is 1. The normalized spacial score (nSPS) is 14.8. The SMILES string of the molecule is N#Cc1cccnc1N1CCC(Oc2cccc3c2ccn3CC(N)=O)CC1. The van der Waals surface area contributed by atoms with Gasteiger partial charge >= 0.3 is 0 Å². The highest BCUT2D eigenvalue weighted by molar-refractivity contribution is 5.88. The van der Waals surface area contributed by atoms with E-state index in [1.807, 2.05) is 35.0 Å². The molecule has 2 aromatic heterocycles. The van der Waals surface area contributed by atoms with Crippen molar-refractivity contribution in [2.45, 2.75) is 25.5 Å². The van der Waals surface area contributed by atoms with Crippen molar-refractivity contribution >= 4 is 22.6 Å². The van der Waals surface area contributed by atoms with Crippen LogP contribution in [0, 0.1) is 11.3 Å². The largest absolute Gasteiger partial charge is 0.490 e. The molecule has 3 aromatic rings. The molecule has 1 saturated heterocycles. The predicted octanol–water partition coefficient (Wildman–Crippen LogP) is 2.44. The van der Waals surface area contributed by atoms with Crippen LogP contribution in [0.1, 0.15) is 18.4 Å². The summed E-state index contributed by atoms with van der Waals surface area (Å²) in [5.41, 5.74) is 6.85. The number of carbonyl (C=O) groups is 1. The summed E-state index contributed by atoms with van der Waals surface area (Å²) in [5, 5.41) is 10.3. The van der Waals surface area contributed by atoms with Crippen molar-refractivity contribution in [2.24, 2.45) is 5.73 Å². The van der Waals surface area contributed by atoms with Crippen molar-refractivity contribution in [3.05, 3.63) is 54.4 Å². The van der Waals surface area contributed by atoms with Crippen LogP contribution >= 0.6 is 0 Å². The second-order valence-corrected chi connectivity index (χ2v) is 6.89. The minimum absolute atomic E-state index is 0.0931. The number of primary amides is 1. The van der Waals surface area contributed by atoms with Gasteiger partial charge in [-0.25, -0.2) is 4.98 Å². The summed E-state index contributed by atoms with van der Waals surface area (Å²) in [6, 6.07) is 13.6. The van der Waals surface area contributed by atoms with Crippen LogP contribution in [-0.2, 0) is 11.3 Å². The molecular formula is C21H21N5O2. The number of nitrogens with two attached hydrogens (primary N) is 1. The summed E-state index contributed by atoms with van der Waals surface area (Å²) in [7, 11) is 0. The van der Waals surface area contributed by atoms with Gasteiger partial charge in [-0.2, -0.15) is 5.26 Å². The summed E-state index contributed by atoms with van der Waals surface area (Å²) in [4.78, 5) is 17.8. The first-order valence-corrected chi connectivity index (χ1v) is 9.28. The predicted molar refractivity (Wildman–Crippen MR) is 106 cm³/mol. The molecule has 0 aliphatic carbocycles. The number of aromatic nitrogens is 2. The number of carbonyl (C=O) groups excluding carboxylic acids is 1. The van der Waals surface area contributed by atoms with E-state index in [0.717, 1.165) is 48.4 Å². The van der Waals surface area contributed by atoms with E-state index in [-0.39, 0.29) is 18.6 Å². The standard InChI is InChI=1S/C21H21N5O2/c22-13-15-3-2-9-24-21(15)25-10-6-16(7-11-25)28-19-5-1-4-18-17(19)8-12-26(18)14-20(23)27/h1-5,8-9,12,16H,6-7,10-11,14H2,(H2,23,27). The number of ether oxygens (including phenoxy) is 1. The molecule has 1 aromatic carbocycles. The lowest BCUT2D eigenvalue weighted by atomic mass is 10.1. The molecule has 1 amide bonds. The maximum Gasteiger partial charge on any atom is 0.237 e. The Kier molecular flexibility index (Phi) is 4.85. The zero-order valence-electron chi connectivity index (χ0n) is 15.4. The Labute approximate surface area is 162 Å². The van der Waals surface area contributed by atoms with Crippen molar-refractivity contribution in [1.82, 2.24) is 9.55 Å². The van der Waals surface area contributed by atoms with Crippen LogP contribution in [0.3, 0.4) is 0 Å². The van der Waals surface area contributed by atoms with E-state index in [2.05, 4.69) is 16.0 Å². The molecule has 7 nitrogen and oxygen atoms in total. The van der Waals surface area contributed by atoms with E-state index in [4.69, 9.17) is 10.5 Å². The fourth-order valence-corrected chi connectivity index (χ4v) is 3.70. The second-order valence-electron chi connectivity index (χ2n) is 6.89. The fraction of sp³-hybridized carbons (Fsp3) is 0.286. The van der Waals surface area contributed by atoms with Crippen LogP contribution < -0.4 is 15.4 Å². The van der Waals surface area contributed by atoms with Gasteiger partial charge in [0.15, 0.2) is 0 Å². The number of amides is 1. The number of nitriles is 1. The molecule has 1 aliphatic heterocycles. The average molecular weight is 375 g/mol.